The first-order valence-corrected chi connectivity index (χ1v) is 12.9. The number of hydrogen-bond acceptors (Lipinski definition) is 9. The Labute approximate surface area is 222 Å². The number of carbonyl (C=O) groups excluding carboxylic acids is 2. The van der Waals surface area contributed by atoms with Crippen LogP contribution in [0.15, 0.2) is 51.4 Å². The van der Waals surface area contributed by atoms with Crippen molar-refractivity contribution in [3.63, 3.8) is 0 Å². The van der Waals surface area contributed by atoms with Gasteiger partial charge in [0.25, 0.3) is 5.91 Å². The Morgan fingerprint density at radius 2 is 1.92 bits per heavy atom. The lowest BCUT2D eigenvalue weighted by atomic mass is 10.2. The predicted molar refractivity (Wildman–Crippen MR) is 144 cm³/mol. The van der Waals surface area contributed by atoms with E-state index in [1.54, 1.807) is 30.7 Å². The first-order valence-electron chi connectivity index (χ1n) is 11.2. The van der Waals surface area contributed by atoms with Gasteiger partial charge in [-0.25, -0.2) is 4.98 Å². The summed E-state index contributed by atoms with van der Waals surface area (Å²) in [6.45, 7) is 6.13. The molecule has 3 rings (SSSR count). The van der Waals surface area contributed by atoms with Gasteiger partial charge < -0.3 is 19.5 Å². The predicted octanol–water partition coefficient (Wildman–Crippen LogP) is 5.18. The van der Waals surface area contributed by atoms with Crippen LogP contribution in [0.2, 0.25) is 0 Å². The maximum absolute atomic E-state index is 12.4. The van der Waals surface area contributed by atoms with Gasteiger partial charge in [0, 0.05) is 21.1 Å². The highest BCUT2D eigenvalue weighted by Crippen LogP contribution is 2.33. The van der Waals surface area contributed by atoms with Gasteiger partial charge in [0.1, 0.15) is 0 Å². The fraction of sp³-hybridized carbons (Fsp3) is 0.280. The van der Waals surface area contributed by atoms with Crippen molar-refractivity contribution in [2.45, 2.75) is 27.2 Å². The van der Waals surface area contributed by atoms with E-state index in [-0.39, 0.29) is 24.9 Å². The number of benzene rings is 2. The summed E-state index contributed by atoms with van der Waals surface area (Å²) in [5.41, 5.74) is 5.91. The lowest BCUT2D eigenvalue weighted by Gasteiger charge is -2.14. The van der Waals surface area contributed by atoms with Crippen molar-refractivity contribution in [2.75, 3.05) is 30.6 Å². The highest BCUT2D eigenvalue weighted by molar-refractivity contribution is 9.10. The van der Waals surface area contributed by atoms with Crippen LogP contribution in [-0.2, 0) is 20.7 Å². The Morgan fingerprint density at radius 1 is 1.14 bits per heavy atom. The number of nitrogens with one attached hydrogen (secondary N) is 2. The van der Waals surface area contributed by atoms with Crippen molar-refractivity contribution in [3.05, 3.63) is 63.1 Å². The number of thiazole rings is 1. The first-order chi connectivity index (χ1) is 17.4. The summed E-state index contributed by atoms with van der Waals surface area (Å²) in [5.74, 6) is 0.317. The molecule has 1 amide bonds. The molecular formula is C25H27BrN4O5S. The fourth-order valence-corrected chi connectivity index (χ4v) is 4.11. The fourth-order valence-electron chi connectivity index (χ4n) is 3.03. The molecule has 1 heterocycles. The lowest BCUT2D eigenvalue weighted by molar-refractivity contribution is -0.142. The number of esters is 1. The minimum atomic E-state index is -0.319. The van der Waals surface area contributed by atoms with Gasteiger partial charge in [-0.15, -0.1) is 11.3 Å². The Balaban J connectivity index is 1.62. The number of carbonyl (C=O) groups is 2. The SMILES string of the molecule is CCOC(=O)Cc1csc(NN=Cc2cc(OCC)c(OCC(=O)Nc3ccccc3C)cc2Br)n1. The van der Waals surface area contributed by atoms with E-state index in [2.05, 4.69) is 36.8 Å². The van der Waals surface area contributed by atoms with E-state index in [1.165, 1.54) is 11.3 Å². The van der Waals surface area contributed by atoms with Crippen molar-refractivity contribution in [1.82, 2.24) is 4.98 Å². The molecule has 0 saturated heterocycles. The van der Waals surface area contributed by atoms with Crippen LogP contribution in [-0.4, -0.2) is 42.9 Å². The molecular weight excluding hydrogens is 548 g/mol. The van der Waals surface area contributed by atoms with Gasteiger partial charge in [0.05, 0.1) is 31.5 Å². The Kier molecular flexibility index (Phi) is 10.3. The molecule has 190 valence electrons. The van der Waals surface area contributed by atoms with Crippen molar-refractivity contribution in [3.8, 4) is 11.5 Å². The summed E-state index contributed by atoms with van der Waals surface area (Å²) in [6, 6.07) is 11.0. The van der Waals surface area contributed by atoms with E-state index in [1.807, 2.05) is 38.1 Å². The molecule has 0 fully saturated rings. The largest absolute Gasteiger partial charge is 0.490 e. The van der Waals surface area contributed by atoms with Crippen LogP contribution < -0.4 is 20.2 Å². The number of halogens is 1. The van der Waals surface area contributed by atoms with Crippen LogP contribution in [0.4, 0.5) is 10.8 Å². The maximum Gasteiger partial charge on any atom is 0.311 e. The highest BCUT2D eigenvalue weighted by Gasteiger charge is 2.13. The van der Waals surface area contributed by atoms with Gasteiger partial charge in [-0.05, 0) is 60.5 Å². The summed E-state index contributed by atoms with van der Waals surface area (Å²) in [4.78, 5) is 28.3. The summed E-state index contributed by atoms with van der Waals surface area (Å²) in [5, 5.41) is 9.40. The topological polar surface area (TPSA) is 111 Å². The van der Waals surface area contributed by atoms with Crippen molar-refractivity contribution in [2.24, 2.45) is 5.10 Å². The third-order valence-corrected chi connectivity index (χ3v) is 6.17. The molecule has 2 aromatic carbocycles. The Bertz CT molecular complexity index is 1230. The summed E-state index contributed by atoms with van der Waals surface area (Å²) >= 11 is 4.85. The van der Waals surface area contributed by atoms with E-state index in [9.17, 15) is 9.59 Å². The molecule has 0 saturated carbocycles. The van der Waals surface area contributed by atoms with Gasteiger partial charge in [0.15, 0.2) is 18.1 Å². The molecule has 36 heavy (non-hydrogen) atoms. The number of nitrogens with zero attached hydrogens (tertiary/aromatic N) is 2. The second kappa shape index (κ2) is 13.6. The molecule has 0 spiro atoms. The number of hydrazone groups is 1. The van der Waals surface area contributed by atoms with Gasteiger partial charge in [-0.2, -0.15) is 5.10 Å². The second-order valence-electron chi connectivity index (χ2n) is 7.40. The molecule has 0 aliphatic heterocycles. The second-order valence-corrected chi connectivity index (χ2v) is 9.11. The summed E-state index contributed by atoms with van der Waals surface area (Å²) in [6.07, 6.45) is 1.72. The molecule has 3 aromatic rings. The summed E-state index contributed by atoms with van der Waals surface area (Å²) in [7, 11) is 0. The standard InChI is InChI=1S/C25H27BrN4O5S/c1-4-33-21-10-17(13-27-30-25-28-18(15-36-25)11-24(32)34-5-2)19(26)12-22(21)35-14-23(31)29-20-9-7-6-8-16(20)3/h6-10,12-13,15H,4-5,11,14H2,1-3H3,(H,28,30)(H,29,31). The quantitative estimate of drug-likeness (QED) is 0.174. The van der Waals surface area contributed by atoms with Gasteiger partial charge >= 0.3 is 5.97 Å². The van der Waals surface area contributed by atoms with E-state index < -0.39 is 0 Å². The number of anilines is 2. The molecule has 9 nitrogen and oxygen atoms in total. The number of aryl methyl sites for hydroxylation is 1. The maximum atomic E-state index is 12.4. The first kappa shape index (κ1) is 27.2. The van der Waals surface area contributed by atoms with E-state index >= 15 is 0 Å². The third kappa shape index (κ3) is 8.06. The van der Waals surface area contributed by atoms with Gasteiger partial charge in [-0.3, -0.25) is 15.0 Å². The lowest BCUT2D eigenvalue weighted by Crippen LogP contribution is -2.21. The Morgan fingerprint density at radius 3 is 2.67 bits per heavy atom. The normalized spacial score (nSPS) is 10.8. The molecule has 0 atom stereocenters. The number of aromatic nitrogens is 1. The van der Waals surface area contributed by atoms with Gasteiger partial charge in [-0.1, -0.05) is 18.2 Å². The Hall–Kier alpha value is -3.44. The molecule has 1 aromatic heterocycles. The van der Waals surface area contributed by atoms with Crippen molar-refractivity contribution < 1.29 is 23.8 Å². The molecule has 0 aliphatic carbocycles. The number of ether oxygens (including phenoxy) is 3. The highest BCUT2D eigenvalue weighted by atomic mass is 79.9. The van der Waals surface area contributed by atoms with Crippen molar-refractivity contribution >= 4 is 56.2 Å². The molecule has 0 aliphatic rings. The average molecular weight is 575 g/mol. The van der Waals surface area contributed by atoms with Gasteiger partial charge in [0.2, 0.25) is 5.13 Å². The molecule has 0 radical (unpaired) electrons. The van der Waals surface area contributed by atoms with Crippen LogP contribution >= 0.6 is 27.3 Å². The van der Waals surface area contributed by atoms with E-state index in [0.717, 1.165) is 16.8 Å². The van der Waals surface area contributed by atoms with Crippen LogP contribution in [0.25, 0.3) is 0 Å². The zero-order valence-electron chi connectivity index (χ0n) is 20.2. The van der Waals surface area contributed by atoms with Crippen LogP contribution in [0.5, 0.6) is 11.5 Å². The number of hydrogen-bond donors (Lipinski definition) is 2. The van der Waals surface area contributed by atoms with Crippen LogP contribution in [0.1, 0.15) is 30.7 Å². The number of para-hydroxylation sites is 1. The van der Waals surface area contributed by atoms with E-state index in [0.29, 0.717) is 40.0 Å². The van der Waals surface area contributed by atoms with Crippen LogP contribution in [0.3, 0.4) is 0 Å². The minimum Gasteiger partial charge on any atom is -0.490 e. The molecule has 0 unspecified atom stereocenters. The van der Waals surface area contributed by atoms with Crippen molar-refractivity contribution in [1.29, 1.82) is 0 Å². The number of amides is 1. The molecule has 0 bridgehead atoms. The van der Waals surface area contributed by atoms with Crippen LogP contribution in [0, 0.1) is 6.92 Å². The third-order valence-electron chi connectivity index (χ3n) is 4.69. The van der Waals surface area contributed by atoms with E-state index in [4.69, 9.17) is 14.2 Å². The zero-order valence-corrected chi connectivity index (χ0v) is 22.6. The molecule has 11 heteroatoms. The monoisotopic (exact) mass is 574 g/mol. The smallest absolute Gasteiger partial charge is 0.311 e. The average Bonchev–Trinajstić information content (AvgIpc) is 3.28. The zero-order chi connectivity index (χ0) is 25.9. The minimum absolute atomic E-state index is 0.115. The molecule has 2 N–H and O–H groups in total. The summed E-state index contributed by atoms with van der Waals surface area (Å²) < 4.78 is 17.1. The number of rotatable bonds is 12.